The zero-order valence-corrected chi connectivity index (χ0v) is 39.3. The highest BCUT2D eigenvalue weighted by atomic mass is 16.4. The van der Waals surface area contributed by atoms with Gasteiger partial charge in [0, 0.05) is 31.4 Å². The summed E-state index contributed by atoms with van der Waals surface area (Å²) in [6.07, 6.45) is 0.163. The van der Waals surface area contributed by atoms with Crippen molar-refractivity contribution >= 4 is 65.2 Å². The van der Waals surface area contributed by atoms with Crippen LogP contribution >= 0.6 is 0 Å². The average molecular weight is 983 g/mol. The summed E-state index contributed by atoms with van der Waals surface area (Å²) in [6.45, 7) is 6.80. The number of H-pyrrole nitrogens is 1. The molecular weight excluding hydrogens is 913 g/mol. The largest absolute Gasteiger partial charge is 0.481 e. The molecule has 388 valence electrons. The van der Waals surface area contributed by atoms with Gasteiger partial charge in [-0.15, -0.1) is 0 Å². The maximum absolute atomic E-state index is 13.9. The van der Waals surface area contributed by atoms with Gasteiger partial charge in [-0.3, -0.25) is 48.3 Å². The van der Waals surface area contributed by atoms with Crippen molar-refractivity contribution in [2.24, 2.45) is 50.5 Å². The highest BCUT2D eigenvalue weighted by Crippen LogP contribution is 2.11. The molecule has 29 nitrogen and oxygen atoms in total. The normalized spacial score (nSPS) is 15.0. The van der Waals surface area contributed by atoms with Crippen LogP contribution in [0.3, 0.4) is 0 Å². The molecule has 0 unspecified atom stereocenters. The quantitative estimate of drug-likeness (QED) is 0.0181. The highest BCUT2D eigenvalue weighted by molar-refractivity contribution is 5.98. The van der Waals surface area contributed by atoms with Crippen LogP contribution in [0, 0.1) is 11.8 Å². The Morgan fingerprint density at radius 1 is 0.638 bits per heavy atom. The number of aromatic nitrogens is 2. The summed E-state index contributed by atoms with van der Waals surface area (Å²) in [5.41, 5.74) is 27.6. The molecule has 0 fully saturated rings. The van der Waals surface area contributed by atoms with Crippen molar-refractivity contribution in [1.82, 2.24) is 47.2 Å². The maximum atomic E-state index is 13.9. The number of carboxylic acids is 2. The number of nitrogens with one attached hydrogen (secondary N) is 8. The predicted molar refractivity (Wildman–Crippen MR) is 247 cm³/mol. The van der Waals surface area contributed by atoms with Gasteiger partial charge in [0.25, 0.3) is 0 Å². The molecule has 0 bridgehead atoms. The Kier molecular flexibility index (Phi) is 26.3. The lowest BCUT2D eigenvalue weighted by atomic mass is 9.99. The first-order chi connectivity index (χ1) is 32.3. The number of aliphatic carboxylic acids is 2. The molecule has 0 saturated carbocycles. The average Bonchev–Trinajstić information content (AvgIpc) is 3.77. The zero-order chi connectivity index (χ0) is 52.5. The fraction of sp³-hybridized carbons (Fsp3) is 0.650. The van der Waals surface area contributed by atoms with Crippen molar-refractivity contribution in [3.63, 3.8) is 0 Å². The Bertz CT molecular complexity index is 1940. The highest BCUT2D eigenvalue weighted by Gasteiger charge is 2.37. The van der Waals surface area contributed by atoms with Crippen LogP contribution in [0.5, 0.6) is 0 Å². The maximum Gasteiger partial charge on any atom is 0.326 e. The Hall–Kier alpha value is -7.14. The van der Waals surface area contributed by atoms with E-state index in [4.69, 9.17) is 28.7 Å². The third-order valence-electron chi connectivity index (χ3n) is 9.95. The smallest absolute Gasteiger partial charge is 0.326 e. The Balaban J connectivity index is 3.28. The van der Waals surface area contributed by atoms with E-state index in [9.17, 15) is 63.6 Å². The molecule has 29 heteroatoms. The van der Waals surface area contributed by atoms with Crippen LogP contribution in [0.15, 0.2) is 22.5 Å². The molecule has 1 rings (SSSR count). The minimum atomic E-state index is -1.85. The third kappa shape index (κ3) is 22.9. The molecule has 69 heavy (non-hydrogen) atoms. The Morgan fingerprint density at radius 3 is 1.61 bits per heavy atom. The molecule has 0 aromatic carbocycles. The van der Waals surface area contributed by atoms with Crippen molar-refractivity contribution in [3.8, 4) is 0 Å². The lowest BCUT2D eigenvalue weighted by molar-refractivity contribution is -0.142. The van der Waals surface area contributed by atoms with E-state index in [0.29, 0.717) is 5.69 Å². The van der Waals surface area contributed by atoms with E-state index in [1.54, 1.807) is 13.8 Å². The number of nitrogens with zero attached hydrogens (tertiary/aromatic N) is 3. The van der Waals surface area contributed by atoms with Gasteiger partial charge in [-0.2, -0.15) is 0 Å². The number of aliphatic hydroxyl groups is 2. The molecule has 7 amide bonds. The molecule has 0 aliphatic carbocycles. The van der Waals surface area contributed by atoms with Crippen molar-refractivity contribution in [3.05, 3.63) is 18.2 Å². The Morgan fingerprint density at radius 2 is 1.12 bits per heavy atom. The van der Waals surface area contributed by atoms with Crippen LogP contribution < -0.4 is 65.9 Å². The van der Waals surface area contributed by atoms with Crippen LogP contribution in [0.2, 0.25) is 0 Å². The van der Waals surface area contributed by atoms with Gasteiger partial charge in [0.05, 0.1) is 31.5 Å². The van der Waals surface area contributed by atoms with Crippen molar-refractivity contribution in [1.29, 1.82) is 0 Å². The second-order valence-electron chi connectivity index (χ2n) is 16.8. The Labute approximate surface area is 397 Å². The molecule has 22 N–H and O–H groups in total. The van der Waals surface area contributed by atoms with Gasteiger partial charge in [0.15, 0.2) is 11.9 Å². The first kappa shape index (κ1) is 59.9. The van der Waals surface area contributed by atoms with Gasteiger partial charge in [-0.1, -0.05) is 27.7 Å². The third-order valence-corrected chi connectivity index (χ3v) is 9.95. The predicted octanol–water partition coefficient (Wildman–Crippen LogP) is -6.59. The van der Waals surface area contributed by atoms with Crippen molar-refractivity contribution in [2.45, 2.75) is 134 Å². The van der Waals surface area contributed by atoms with Gasteiger partial charge in [0.2, 0.25) is 41.4 Å². The lowest BCUT2D eigenvalue weighted by Gasteiger charge is -2.30. The topological polar surface area (TPSA) is 502 Å². The molecule has 1 aromatic heterocycles. The number of aliphatic imine (C=N–C) groups is 2. The van der Waals surface area contributed by atoms with Crippen LogP contribution in [0.1, 0.15) is 78.8 Å². The van der Waals surface area contributed by atoms with Crippen LogP contribution in [-0.4, -0.2) is 170 Å². The van der Waals surface area contributed by atoms with Crippen LogP contribution in [0.25, 0.3) is 0 Å². The number of carbonyl (C=O) groups is 9. The van der Waals surface area contributed by atoms with Gasteiger partial charge in [0.1, 0.15) is 42.3 Å². The molecular formula is C40H70N16O13. The minimum absolute atomic E-state index is 0.0167. The summed E-state index contributed by atoms with van der Waals surface area (Å²) in [5, 5.41) is 56.5. The van der Waals surface area contributed by atoms with Gasteiger partial charge >= 0.3 is 11.9 Å². The number of carboxylic acid groups (broad SMARTS) is 2. The van der Waals surface area contributed by atoms with E-state index < -0.39 is 127 Å². The van der Waals surface area contributed by atoms with E-state index in [1.807, 2.05) is 0 Å². The summed E-state index contributed by atoms with van der Waals surface area (Å²) in [4.78, 5) is 132. The first-order valence-electron chi connectivity index (χ1n) is 22.0. The molecule has 1 heterocycles. The molecule has 0 aliphatic heterocycles. The molecule has 9 atom stereocenters. The number of imidazole rings is 1. The number of amides is 7. The van der Waals surface area contributed by atoms with Crippen LogP contribution in [0.4, 0.5) is 0 Å². The summed E-state index contributed by atoms with van der Waals surface area (Å²) in [7, 11) is 0. The molecule has 1 aromatic rings. The number of hydrogen-bond acceptors (Lipinski definition) is 15. The number of aromatic amines is 1. The standard InChI is InChI=1S/C40H70N16O13/c1-18(2)12-24(33(63)56-30(20(5)58)37(67)50-23(9-7-11-48-40(44)45)32(62)53-26(38(68)69)13-21-15-46-17-49-21)52-36(66)29(19(3)4)55-34(64)25(14-28(59)60)51-35(65)27(16-57)54-31(61)22(41)8-6-10-47-39(42)43/h15,17-20,22-27,29-30,57-58H,6-14,16,41H2,1-5H3,(H,46,49)(H,50,67)(H,51,65)(H,52,66)(H,53,62)(H,54,61)(H,55,64)(H,56,63)(H,59,60)(H,68,69)(H4,42,43,47)(H4,44,45,48)/t20-,22+,23+,24+,25+,26+,27+,29+,30+/m1/s1. The van der Waals surface area contributed by atoms with E-state index >= 15 is 0 Å². The molecule has 0 spiro atoms. The number of aliphatic hydroxyl groups excluding tert-OH is 2. The SMILES string of the molecule is CC(C)C[C@H](NC(=O)[C@@H](NC(=O)[C@H](CC(=O)O)NC(=O)[C@H](CO)NC(=O)[C@@H](N)CCCN=C(N)N)C(C)C)C(=O)N[C@H](C(=O)N[C@@H](CCCN=C(N)N)C(=O)N[C@@H](Cc1cnc[nH]1)C(=O)O)[C@@H](C)O. The van der Waals surface area contributed by atoms with Crippen LogP contribution in [-0.2, 0) is 49.6 Å². The van der Waals surface area contributed by atoms with Crippen molar-refractivity contribution in [2.75, 3.05) is 19.7 Å². The molecule has 0 saturated heterocycles. The number of guanidine groups is 2. The van der Waals surface area contributed by atoms with E-state index in [1.165, 1.54) is 33.3 Å². The monoisotopic (exact) mass is 983 g/mol. The van der Waals surface area contributed by atoms with Crippen molar-refractivity contribution < 1.29 is 63.6 Å². The lowest BCUT2D eigenvalue weighted by Crippen LogP contribution is -2.62. The number of carbonyl (C=O) groups excluding carboxylic acids is 7. The number of nitrogens with two attached hydrogens (primary N) is 5. The second-order valence-corrected chi connectivity index (χ2v) is 16.8. The summed E-state index contributed by atoms with van der Waals surface area (Å²) in [6, 6.07) is -12.3. The fourth-order valence-corrected chi connectivity index (χ4v) is 6.31. The second kappa shape index (κ2) is 30.3. The van der Waals surface area contributed by atoms with Gasteiger partial charge < -0.3 is 91.3 Å². The molecule has 0 aliphatic rings. The van der Waals surface area contributed by atoms with E-state index in [0.717, 1.165) is 0 Å². The summed E-state index contributed by atoms with van der Waals surface area (Å²) >= 11 is 0. The molecule has 0 radical (unpaired) electrons. The first-order valence-corrected chi connectivity index (χ1v) is 22.0. The summed E-state index contributed by atoms with van der Waals surface area (Å²) in [5.74, 6) is -11.5. The number of rotatable bonds is 32. The number of hydrogen-bond donors (Lipinski definition) is 17. The summed E-state index contributed by atoms with van der Waals surface area (Å²) < 4.78 is 0. The zero-order valence-electron chi connectivity index (χ0n) is 39.3. The van der Waals surface area contributed by atoms with Gasteiger partial charge in [-0.25, -0.2) is 9.78 Å². The minimum Gasteiger partial charge on any atom is -0.481 e. The van der Waals surface area contributed by atoms with Gasteiger partial charge in [-0.05, 0) is 50.9 Å². The van der Waals surface area contributed by atoms with E-state index in [-0.39, 0.29) is 69.5 Å². The fourth-order valence-electron chi connectivity index (χ4n) is 6.31. The van der Waals surface area contributed by atoms with E-state index in [2.05, 4.69) is 57.2 Å².